The molecule has 1 saturated heterocycles. The van der Waals surface area contributed by atoms with Crippen LogP contribution in [-0.2, 0) is 17.8 Å². The number of carbonyl (C=O) groups is 1. The lowest BCUT2D eigenvalue weighted by atomic mass is 10.1. The number of nitrogens with one attached hydrogen (secondary N) is 1. The fourth-order valence-corrected chi connectivity index (χ4v) is 3.39. The van der Waals surface area contributed by atoms with Gasteiger partial charge in [-0.15, -0.1) is 0 Å². The van der Waals surface area contributed by atoms with Gasteiger partial charge >= 0.3 is 0 Å². The molecule has 1 aromatic carbocycles. The number of nitrogens with zero attached hydrogens (tertiary/aromatic N) is 3. The predicted octanol–water partition coefficient (Wildman–Crippen LogP) is 2.10. The summed E-state index contributed by atoms with van der Waals surface area (Å²) in [4.78, 5) is 21.5. The van der Waals surface area contributed by atoms with Crippen LogP contribution in [0.25, 0.3) is 0 Å². The number of aryl methyl sites for hydroxylation is 1. The smallest absolute Gasteiger partial charge is 0.220 e. The highest BCUT2D eigenvalue weighted by molar-refractivity contribution is 5.76. The van der Waals surface area contributed by atoms with Crippen LogP contribution in [0.4, 0.5) is 5.82 Å². The molecule has 156 valence electrons. The lowest BCUT2D eigenvalue weighted by Crippen LogP contribution is -2.44. The molecule has 0 aliphatic carbocycles. The van der Waals surface area contributed by atoms with Crippen LogP contribution >= 0.6 is 0 Å². The molecule has 2 aromatic rings. The molecule has 7 heteroatoms. The van der Waals surface area contributed by atoms with E-state index in [2.05, 4.69) is 33.2 Å². The van der Waals surface area contributed by atoms with Gasteiger partial charge in [-0.1, -0.05) is 0 Å². The predicted molar refractivity (Wildman–Crippen MR) is 114 cm³/mol. The van der Waals surface area contributed by atoms with Crippen molar-refractivity contribution in [2.75, 3.05) is 52.3 Å². The summed E-state index contributed by atoms with van der Waals surface area (Å²) in [5, 5.41) is 3.01. The standard InChI is InChI=1S/C22H30N4O3/c1-25-10-12-26(13-11-25)21-14-17(8-9-23-21)16-24-22(27)7-4-18-15-19(28-2)5-6-20(18)29-3/h5-6,8-9,14-15H,4,7,10-13,16H2,1-3H3,(H,24,27). The lowest BCUT2D eigenvalue weighted by Gasteiger charge is -2.33. The van der Waals surface area contributed by atoms with E-state index in [0.717, 1.165) is 54.6 Å². The zero-order valence-electron chi connectivity index (χ0n) is 17.5. The van der Waals surface area contributed by atoms with Gasteiger partial charge in [0.1, 0.15) is 17.3 Å². The summed E-state index contributed by atoms with van der Waals surface area (Å²) < 4.78 is 10.6. The molecule has 0 radical (unpaired) electrons. The molecule has 0 saturated carbocycles. The largest absolute Gasteiger partial charge is 0.497 e. The summed E-state index contributed by atoms with van der Waals surface area (Å²) in [7, 11) is 5.40. The third kappa shape index (κ3) is 5.84. The van der Waals surface area contributed by atoms with E-state index in [1.165, 1.54) is 0 Å². The molecule has 0 atom stereocenters. The molecule has 1 N–H and O–H groups in total. The normalized spacial score (nSPS) is 14.5. The van der Waals surface area contributed by atoms with E-state index < -0.39 is 0 Å². The second kappa shape index (κ2) is 10.1. The SMILES string of the molecule is COc1ccc(OC)c(CCC(=O)NCc2ccnc(N3CCN(C)CC3)c2)c1. The second-order valence-corrected chi connectivity index (χ2v) is 7.27. The van der Waals surface area contributed by atoms with Gasteiger partial charge < -0.3 is 24.6 Å². The van der Waals surface area contributed by atoms with Crippen molar-refractivity contribution in [2.24, 2.45) is 0 Å². The Labute approximate surface area is 172 Å². The van der Waals surface area contributed by atoms with Crippen molar-refractivity contribution in [3.8, 4) is 11.5 Å². The van der Waals surface area contributed by atoms with Crippen LogP contribution in [0, 0.1) is 0 Å². The second-order valence-electron chi connectivity index (χ2n) is 7.27. The van der Waals surface area contributed by atoms with Gasteiger partial charge in [0.05, 0.1) is 14.2 Å². The lowest BCUT2D eigenvalue weighted by molar-refractivity contribution is -0.121. The average Bonchev–Trinajstić information content (AvgIpc) is 2.76. The Bertz CT molecular complexity index is 819. The van der Waals surface area contributed by atoms with Gasteiger partial charge in [0, 0.05) is 45.3 Å². The van der Waals surface area contributed by atoms with Gasteiger partial charge in [0.15, 0.2) is 0 Å². The molecule has 1 aromatic heterocycles. The van der Waals surface area contributed by atoms with Crippen molar-refractivity contribution >= 4 is 11.7 Å². The Morgan fingerprint density at radius 1 is 1.10 bits per heavy atom. The average molecular weight is 399 g/mol. The van der Waals surface area contributed by atoms with E-state index in [1.54, 1.807) is 14.2 Å². The van der Waals surface area contributed by atoms with Crippen molar-refractivity contribution in [3.63, 3.8) is 0 Å². The number of ether oxygens (including phenoxy) is 2. The van der Waals surface area contributed by atoms with Gasteiger partial charge in [0.25, 0.3) is 0 Å². The van der Waals surface area contributed by atoms with E-state index in [9.17, 15) is 4.79 Å². The number of methoxy groups -OCH3 is 2. The third-order valence-corrected chi connectivity index (χ3v) is 5.24. The molecule has 0 spiro atoms. The fourth-order valence-electron chi connectivity index (χ4n) is 3.39. The minimum atomic E-state index is 0.00725. The topological polar surface area (TPSA) is 66.9 Å². The first-order chi connectivity index (χ1) is 14.1. The first-order valence-corrected chi connectivity index (χ1v) is 9.95. The van der Waals surface area contributed by atoms with Crippen molar-refractivity contribution in [1.82, 2.24) is 15.2 Å². The molecule has 7 nitrogen and oxygen atoms in total. The van der Waals surface area contributed by atoms with Crippen molar-refractivity contribution in [3.05, 3.63) is 47.7 Å². The maximum atomic E-state index is 12.4. The molecular weight excluding hydrogens is 368 g/mol. The Kier molecular flexibility index (Phi) is 7.30. The number of piperazine rings is 1. The minimum absolute atomic E-state index is 0.00725. The highest BCUT2D eigenvalue weighted by Crippen LogP contribution is 2.25. The number of hydrogen-bond acceptors (Lipinski definition) is 6. The number of amides is 1. The number of carbonyl (C=O) groups excluding carboxylic acids is 1. The summed E-state index contributed by atoms with van der Waals surface area (Å²) in [6, 6.07) is 9.64. The molecule has 1 fully saturated rings. The van der Waals surface area contributed by atoms with Crippen LogP contribution in [0.15, 0.2) is 36.5 Å². The van der Waals surface area contributed by atoms with E-state index in [-0.39, 0.29) is 5.91 Å². The van der Waals surface area contributed by atoms with E-state index in [0.29, 0.717) is 19.4 Å². The number of anilines is 1. The molecule has 2 heterocycles. The number of benzene rings is 1. The molecule has 1 aliphatic rings. The van der Waals surface area contributed by atoms with E-state index in [1.807, 2.05) is 30.5 Å². The Hall–Kier alpha value is -2.80. The zero-order valence-corrected chi connectivity index (χ0v) is 17.5. The van der Waals surface area contributed by atoms with Crippen LogP contribution in [0.1, 0.15) is 17.5 Å². The number of pyridine rings is 1. The Morgan fingerprint density at radius 3 is 2.62 bits per heavy atom. The minimum Gasteiger partial charge on any atom is -0.497 e. The van der Waals surface area contributed by atoms with Gasteiger partial charge in [-0.05, 0) is 54.9 Å². The van der Waals surface area contributed by atoms with Crippen molar-refractivity contribution in [1.29, 1.82) is 0 Å². The van der Waals surface area contributed by atoms with Gasteiger partial charge in [-0.2, -0.15) is 0 Å². The Morgan fingerprint density at radius 2 is 1.90 bits per heavy atom. The van der Waals surface area contributed by atoms with Gasteiger partial charge in [-0.25, -0.2) is 4.98 Å². The summed E-state index contributed by atoms with van der Waals surface area (Å²) in [5.74, 6) is 2.51. The van der Waals surface area contributed by atoms with Gasteiger partial charge in [0.2, 0.25) is 5.91 Å². The highest BCUT2D eigenvalue weighted by Gasteiger charge is 2.15. The highest BCUT2D eigenvalue weighted by atomic mass is 16.5. The number of likely N-dealkylation sites (N-methyl/N-ethyl adjacent to an activating group) is 1. The van der Waals surface area contributed by atoms with Gasteiger partial charge in [-0.3, -0.25) is 4.79 Å². The summed E-state index contributed by atoms with van der Waals surface area (Å²) in [5.41, 5.74) is 2.02. The quantitative estimate of drug-likeness (QED) is 0.735. The van der Waals surface area contributed by atoms with E-state index >= 15 is 0 Å². The number of rotatable bonds is 8. The van der Waals surface area contributed by atoms with Crippen LogP contribution in [0.3, 0.4) is 0 Å². The maximum Gasteiger partial charge on any atom is 0.220 e. The summed E-state index contributed by atoms with van der Waals surface area (Å²) >= 11 is 0. The molecule has 1 aliphatic heterocycles. The maximum absolute atomic E-state index is 12.4. The molecule has 3 rings (SSSR count). The molecule has 0 bridgehead atoms. The van der Waals surface area contributed by atoms with Crippen LogP contribution in [0.2, 0.25) is 0 Å². The van der Waals surface area contributed by atoms with Crippen LogP contribution in [0.5, 0.6) is 11.5 Å². The number of hydrogen-bond donors (Lipinski definition) is 1. The van der Waals surface area contributed by atoms with Crippen molar-refractivity contribution < 1.29 is 14.3 Å². The molecule has 1 amide bonds. The van der Waals surface area contributed by atoms with E-state index in [4.69, 9.17) is 9.47 Å². The first-order valence-electron chi connectivity index (χ1n) is 9.95. The zero-order chi connectivity index (χ0) is 20.6. The monoisotopic (exact) mass is 398 g/mol. The van der Waals surface area contributed by atoms with Crippen molar-refractivity contribution in [2.45, 2.75) is 19.4 Å². The number of aromatic nitrogens is 1. The first kappa shape index (κ1) is 20.9. The fraction of sp³-hybridized carbons (Fsp3) is 0.455. The summed E-state index contributed by atoms with van der Waals surface area (Å²) in [6.07, 6.45) is 2.80. The molecule has 29 heavy (non-hydrogen) atoms. The van der Waals surface area contributed by atoms with Crippen LogP contribution < -0.4 is 19.7 Å². The Balaban J connectivity index is 1.51. The third-order valence-electron chi connectivity index (χ3n) is 5.24. The van der Waals surface area contributed by atoms with Crippen LogP contribution in [-0.4, -0.2) is 63.2 Å². The summed E-state index contributed by atoms with van der Waals surface area (Å²) in [6.45, 7) is 4.52. The molecule has 0 unspecified atom stereocenters. The molecular formula is C22H30N4O3.